The summed E-state index contributed by atoms with van der Waals surface area (Å²) in [4.78, 5) is 2.53. The van der Waals surface area contributed by atoms with Crippen LogP contribution in [0.1, 0.15) is 17.2 Å². The second kappa shape index (κ2) is 6.10. The number of hydrogen-bond acceptors (Lipinski definition) is 4. The molecular formula is C11H15N3O3. The van der Waals surface area contributed by atoms with Gasteiger partial charge in [0.1, 0.15) is 11.9 Å². The molecule has 2 unspecified atom stereocenters. The van der Waals surface area contributed by atoms with Crippen molar-refractivity contribution >= 4 is 0 Å². The average Bonchev–Trinajstić information content (AvgIpc) is 2.35. The highest BCUT2D eigenvalue weighted by Gasteiger charge is 2.18. The van der Waals surface area contributed by atoms with Gasteiger partial charge in [-0.05, 0) is 29.6 Å². The molecule has 0 aliphatic heterocycles. The van der Waals surface area contributed by atoms with Gasteiger partial charge in [-0.25, -0.2) is 0 Å². The van der Waals surface area contributed by atoms with Crippen LogP contribution in [-0.4, -0.2) is 30.0 Å². The zero-order chi connectivity index (χ0) is 12.8. The van der Waals surface area contributed by atoms with Gasteiger partial charge in [-0.3, -0.25) is 0 Å². The number of aliphatic hydroxyl groups excluding tert-OH is 2. The van der Waals surface area contributed by atoms with Gasteiger partial charge in [0.25, 0.3) is 0 Å². The summed E-state index contributed by atoms with van der Waals surface area (Å²) in [6.45, 7) is 1.71. The Kier molecular flexibility index (Phi) is 4.78. The van der Waals surface area contributed by atoms with Crippen molar-refractivity contribution in [3.05, 3.63) is 39.8 Å². The van der Waals surface area contributed by atoms with E-state index in [1.807, 2.05) is 6.92 Å². The van der Waals surface area contributed by atoms with E-state index in [9.17, 15) is 10.2 Å². The molecule has 0 saturated carbocycles. The van der Waals surface area contributed by atoms with Crippen molar-refractivity contribution in [1.29, 1.82) is 0 Å². The molecule has 0 bridgehead atoms. The molecule has 6 heteroatoms. The van der Waals surface area contributed by atoms with E-state index in [1.54, 1.807) is 18.2 Å². The summed E-state index contributed by atoms with van der Waals surface area (Å²) in [7, 11) is 1.54. The van der Waals surface area contributed by atoms with Crippen molar-refractivity contribution in [3.8, 4) is 5.75 Å². The maximum Gasteiger partial charge on any atom is 0.122 e. The number of aliphatic hydroxyl groups is 2. The second-order valence-corrected chi connectivity index (χ2v) is 3.65. The number of ether oxygens (including phenoxy) is 1. The number of aryl methyl sites for hydroxylation is 1. The molecule has 1 aromatic rings. The van der Waals surface area contributed by atoms with Gasteiger partial charge >= 0.3 is 0 Å². The largest absolute Gasteiger partial charge is 0.496 e. The average molecular weight is 237 g/mol. The van der Waals surface area contributed by atoms with E-state index < -0.39 is 12.2 Å². The van der Waals surface area contributed by atoms with Crippen LogP contribution in [0.15, 0.2) is 23.3 Å². The van der Waals surface area contributed by atoms with Crippen molar-refractivity contribution < 1.29 is 14.9 Å². The highest BCUT2D eigenvalue weighted by molar-refractivity contribution is 5.37. The second-order valence-electron chi connectivity index (χ2n) is 3.65. The topological polar surface area (TPSA) is 98.5 Å². The molecule has 0 aromatic heterocycles. The van der Waals surface area contributed by atoms with Crippen LogP contribution in [0.4, 0.5) is 0 Å². The number of azide groups is 1. The molecule has 0 spiro atoms. The Hall–Kier alpha value is -1.75. The Balaban J connectivity index is 2.88. The van der Waals surface area contributed by atoms with Gasteiger partial charge in [-0.15, -0.1) is 0 Å². The smallest absolute Gasteiger partial charge is 0.122 e. The van der Waals surface area contributed by atoms with Crippen LogP contribution in [-0.2, 0) is 0 Å². The highest BCUT2D eigenvalue weighted by atomic mass is 16.5. The molecule has 1 rings (SSSR count). The van der Waals surface area contributed by atoms with Crippen LogP contribution < -0.4 is 4.74 Å². The summed E-state index contributed by atoms with van der Waals surface area (Å²) in [5.74, 6) is 0.637. The number of nitrogens with zero attached hydrogens (tertiary/aromatic N) is 3. The fourth-order valence-corrected chi connectivity index (χ4v) is 1.46. The van der Waals surface area contributed by atoms with Crippen molar-refractivity contribution in [1.82, 2.24) is 0 Å². The maximum absolute atomic E-state index is 9.84. The van der Waals surface area contributed by atoms with E-state index in [1.165, 1.54) is 7.11 Å². The molecule has 6 nitrogen and oxygen atoms in total. The summed E-state index contributed by atoms with van der Waals surface area (Å²) in [5.41, 5.74) is 9.59. The first-order valence-corrected chi connectivity index (χ1v) is 5.11. The zero-order valence-electron chi connectivity index (χ0n) is 9.74. The minimum atomic E-state index is -1.13. The minimum Gasteiger partial charge on any atom is -0.496 e. The lowest BCUT2D eigenvalue weighted by atomic mass is 10.0. The third kappa shape index (κ3) is 3.35. The number of methoxy groups -OCH3 is 1. The molecule has 1 aromatic carbocycles. The van der Waals surface area contributed by atoms with E-state index >= 15 is 0 Å². The van der Waals surface area contributed by atoms with Crippen molar-refractivity contribution in [3.63, 3.8) is 0 Å². The minimum absolute atomic E-state index is 0.173. The molecule has 0 radical (unpaired) electrons. The number of benzene rings is 1. The fraction of sp³-hybridized carbons (Fsp3) is 0.455. The van der Waals surface area contributed by atoms with Gasteiger partial charge < -0.3 is 14.9 Å². The van der Waals surface area contributed by atoms with Gasteiger partial charge in [-0.2, -0.15) is 0 Å². The van der Waals surface area contributed by atoms with Crippen molar-refractivity contribution in [2.24, 2.45) is 5.11 Å². The van der Waals surface area contributed by atoms with Gasteiger partial charge in [-0.1, -0.05) is 17.2 Å². The normalized spacial score (nSPS) is 13.6. The Labute approximate surface area is 99.1 Å². The first-order chi connectivity index (χ1) is 8.10. The van der Waals surface area contributed by atoms with E-state index in [2.05, 4.69) is 10.0 Å². The molecule has 2 N–H and O–H groups in total. The summed E-state index contributed by atoms with van der Waals surface area (Å²) in [5, 5.41) is 22.6. The van der Waals surface area contributed by atoms with Crippen LogP contribution >= 0.6 is 0 Å². The van der Waals surface area contributed by atoms with Gasteiger partial charge in [0.2, 0.25) is 0 Å². The number of rotatable bonds is 5. The monoisotopic (exact) mass is 237 g/mol. The summed E-state index contributed by atoms with van der Waals surface area (Å²) in [6.07, 6.45) is -2.23. The zero-order valence-corrected chi connectivity index (χ0v) is 9.74. The fourth-order valence-electron chi connectivity index (χ4n) is 1.46. The quantitative estimate of drug-likeness (QED) is 0.463. The Bertz CT molecular complexity index is 430. The SMILES string of the molecule is COc1cc(C(O)C(O)CN=[N+]=[N-])ccc1C. The first-order valence-electron chi connectivity index (χ1n) is 5.11. The first kappa shape index (κ1) is 13.3. The Morgan fingerprint density at radius 1 is 1.47 bits per heavy atom. The number of hydrogen-bond donors (Lipinski definition) is 2. The third-order valence-electron chi connectivity index (χ3n) is 2.47. The van der Waals surface area contributed by atoms with Crippen LogP contribution in [0.25, 0.3) is 10.4 Å². The van der Waals surface area contributed by atoms with E-state index in [4.69, 9.17) is 10.3 Å². The Morgan fingerprint density at radius 2 is 2.18 bits per heavy atom. The Morgan fingerprint density at radius 3 is 2.76 bits per heavy atom. The molecule has 0 fully saturated rings. The standard InChI is InChI=1S/C11H15N3O3/c1-7-3-4-8(5-10(7)17-2)11(16)9(15)6-13-14-12/h3-5,9,11,15-16H,6H2,1-2H3. The molecule has 2 atom stereocenters. The molecule has 0 aliphatic rings. The molecular weight excluding hydrogens is 222 g/mol. The lowest BCUT2D eigenvalue weighted by Crippen LogP contribution is -2.21. The predicted molar refractivity (Wildman–Crippen MR) is 62.7 cm³/mol. The summed E-state index contributed by atoms with van der Waals surface area (Å²) >= 11 is 0. The van der Waals surface area contributed by atoms with Gasteiger partial charge in [0.05, 0.1) is 19.8 Å². The van der Waals surface area contributed by atoms with Gasteiger partial charge in [0.15, 0.2) is 0 Å². The van der Waals surface area contributed by atoms with Crippen molar-refractivity contribution in [2.45, 2.75) is 19.1 Å². The van der Waals surface area contributed by atoms with E-state index in [-0.39, 0.29) is 6.54 Å². The molecule has 92 valence electrons. The molecule has 0 aliphatic carbocycles. The van der Waals surface area contributed by atoms with Gasteiger partial charge in [0, 0.05) is 4.91 Å². The van der Waals surface area contributed by atoms with Crippen LogP contribution in [0, 0.1) is 6.92 Å². The summed E-state index contributed by atoms with van der Waals surface area (Å²) < 4.78 is 5.12. The van der Waals surface area contributed by atoms with Crippen LogP contribution in [0.5, 0.6) is 5.75 Å². The lowest BCUT2D eigenvalue weighted by Gasteiger charge is -2.17. The predicted octanol–water partition coefficient (Wildman–Crippen LogP) is 1.71. The van der Waals surface area contributed by atoms with Crippen LogP contribution in [0.2, 0.25) is 0 Å². The van der Waals surface area contributed by atoms with Crippen LogP contribution in [0.3, 0.4) is 0 Å². The molecule has 17 heavy (non-hydrogen) atoms. The molecule has 0 saturated heterocycles. The van der Waals surface area contributed by atoms with E-state index in [0.29, 0.717) is 11.3 Å². The molecule has 0 heterocycles. The van der Waals surface area contributed by atoms with Crippen molar-refractivity contribution in [2.75, 3.05) is 13.7 Å². The summed E-state index contributed by atoms with van der Waals surface area (Å²) in [6, 6.07) is 5.14. The highest BCUT2D eigenvalue weighted by Crippen LogP contribution is 2.25. The maximum atomic E-state index is 9.84. The molecule has 0 amide bonds. The lowest BCUT2D eigenvalue weighted by molar-refractivity contribution is 0.0243. The third-order valence-corrected chi connectivity index (χ3v) is 2.47. The van der Waals surface area contributed by atoms with E-state index in [0.717, 1.165) is 5.56 Å².